The van der Waals surface area contributed by atoms with E-state index in [1.54, 1.807) is 0 Å². The fraction of sp³-hybridized carbons (Fsp3) is 0.250. The maximum absolute atomic E-state index is 5.77. The molecule has 0 unspecified atom stereocenters. The lowest BCUT2D eigenvalue weighted by Crippen LogP contribution is -1.82. The van der Waals surface area contributed by atoms with Crippen molar-refractivity contribution in [3.8, 4) is 0 Å². The summed E-state index contributed by atoms with van der Waals surface area (Å²) in [7, 11) is 0. The molecule has 3 nitrogen and oxygen atoms in total. The van der Waals surface area contributed by atoms with Gasteiger partial charge in [-0.2, -0.15) is 5.10 Å². The standard InChI is InChI=1S/C8H8ClN3/c1-4-3-6(9)10-8-7(4)5(2)11-12-8/h3H,1-2H3,(H,10,11,12). The van der Waals surface area contributed by atoms with Gasteiger partial charge in [-0.3, -0.25) is 5.10 Å². The molecule has 0 atom stereocenters. The Morgan fingerprint density at radius 1 is 1.42 bits per heavy atom. The second kappa shape index (κ2) is 2.45. The Bertz CT molecular complexity index is 433. The Morgan fingerprint density at radius 2 is 2.17 bits per heavy atom. The van der Waals surface area contributed by atoms with E-state index in [0.29, 0.717) is 10.8 Å². The first-order valence-electron chi connectivity index (χ1n) is 3.66. The summed E-state index contributed by atoms with van der Waals surface area (Å²) in [4.78, 5) is 4.08. The summed E-state index contributed by atoms with van der Waals surface area (Å²) in [6, 6.07) is 1.84. The molecular formula is C8H8ClN3. The first kappa shape index (κ1) is 7.55. The van der Waals surface area contributed by atoms with Gasteiger partial charge >= 0.3 is 0 Å². The predicted octanol–water partition coefficient (Wildman–Crippen LogP) is 2.23. The first-order chi connectivity index (χ1) is 5.68. The Labute approximate surface area is 74.8 Å². The topological polar surface area (TPSA) is 41.6 Å². The van der Waals surface area contributed by atoms with Crippen LogP contribution in [0.3, 0.4) is 0 Å². The number of rotatable bonds is 0. The average Bonchev–Trinajstić information content (AvgIpc) is 2.31. The Kier molecular flexibility index (Phi) is 1.54. The third-order valence-electron chi connectivity index (χ3n) is 1.87. The number of H-pyrrole nitrogens is 1. The largest absolute Gasteiger partial charge is 0.280 e. The number of fused-ring (bicyclic) bond motifs is 1. The van der Waals surface area contributed by atoms with Crippen molar-refractivity contribution in [2.24, 2.45) is 0 Å². The Morgan fingerprint density at radius 3 is 2.92 bits per heavy atom. The van der Waals surface area contributed by atoms with E-state index in [9.17, 15) is 0 Å². The van der Waals surface area contributed by atoms with Crippen LogP contribution in [0.5, 0.6) is 0 Å². The van der Waals surface area contributed by atoms with Gasteiger partial charge in [0.1, 0.15) is 5.15 Å². The van der Waals surface area contributed by atoms with Crippen LogP contribution >= 0.6 is 11.6 Å². The van der Waals surface area contributed by atoms with Crippen LogP contribution in [0.1, 0.15) is 11.3 Å². The molecular weight excluding hydrogens is 174 g/mol. The molecule has 0 saturated carbocycles. The maximum Gasteiger partial charge on any atom is 0.182 e. The molecule has 0 aliphatic rings. The van der Waals surface area contributed by atoms with Crippen LogP contribution in [-0.2, 0) is 0 Å². The molecule has 2 aromatic rings. The molecule has 1 N–H and O–H groups in total. The number of halogens is 1. The quantitative estimate of drug-likeness (QED) is 0.634. The first-order valence-corrected chi connectivity index (χ1v) is 4.04. The van der Waals surface area contributed by atoms with Crippen molar-refractivity contribution in [3.05, 3.63) is 22.5 Å². The number of hydrogen-bond acceptors (Lipinski definition) is 2. The summed E-state index contributed by atoms with van der Waals surface area (Å²) in [5.41, 5.74) is 2.83. The number of aromatic nitrogens is 3. The third-order valence-corrected chi connectivity index (χ3v) is 2.06. The summed E-state index contributed by atoms with van der Waals surface area (Å²) in [6.07, 6.45) is 0. The minimum atomic E-state index is 0.492. The molecule has 0 fully saturated rings. The van der Waals surface area contributed by atoms with Gasteiger partial charge in [0, 0.05) is 11.1 Å². The van der Waals surface area contributed by atoms with E-state index >= 15 is 0 Å². The lowest BCUT2D eigenvalue weighted by molar-refractivity contribution is 1.05. The molecule has 0 aliphatic carbocycles. The number of aromatic amines is 1. The zero-order chi connectivity index (χ0) is 8.72. The van der Waals surface area contributed by atoms with Gasteiger partial charge in [-0.15, -0.1) is 0 Å². The van der Waals surface area contributed by atoms with Gasteiger partial charge in [0.25, 0.3) is 0 Å². The van der Waals surface area contributed by atoms with E-state index in [1.807, 2.05) is 19.9 Å². The monoisotopic (exact) mass is 181 g/mol. The van der Waals surface area contributed by atoms with Crippen LogP contribution in [0.15, 0.2) is 6.07 Å². The second-order valence-corrected chi connectivity index (χ2v) is 3.20. The van der Waals surface area contributed by atoms with E-state index < -0.39 is 0 Å². The highest BCUT2D eigenvalue weighted by atomic mass is 35.5. The highest BCUT2D eigenvalue weighted by Gasteiger charge is 2.06. The van der Waals surface area contributed by atoms with Gasteiger partial charge in [0.15, 0.2) is 5.65 Å². The smallest absolute Gasteiger partial charge is 0.182 e. The molecule has 62 valence electrons. The molecule has 2 heterocycles. The minimum absolute atomic E-state index is 0.492. The van der Waals surface area contributed by atoms with Crippen LogP contribution in [0.4, 0.5) is 0 Å². The molecule has 0 spiro atoms. The van der Waals surface area contributed by atoms with Crippen molar-refractivity contribution in [2.45, 2.75) is 13.8 Å². The summed E-state index contributed by atoms with van der Waals surface area (Å²) in [5.74, 6) is 0. The van der Waals surface area contributed by atoms with Gasteiger partial charge in [0.2, 0.25) is 0 Å². The van der Waals surface area contributed by atoms with Gasteiger partial charge in [-0.05, 0) is 25.5 Å². The lowest BCUT2D eigenvalue weighted by atomic mass is 10.2. The summed E-state index contributed by atoms with van der Waals surface area (Å²) in [6.45, 7) is 3.97. The molecule has 0 bridgehead atoms. The van der Waals surface area contributed by atoms with Crippen LogP contribution < -0.4 is 0 Å². The minimum Gasteiger partial charge on any atom is -0.280 e. The van der Waals surface area contributed by atoms with Crippen molar-refractivity contribution in [3.63, 3.8) is 0 Å². The highest BCUT2D eigenvalue weighted by molar-refractivity contribution is 6.29. The fourth-order valence-corrected chi connectivity index (χ4v) is 1.60. The molecule has 2 aromatic heterocycles. The fourth-order valence-electron chi connectivity index (χ4n) is 1.35. The molecule has 0 saturated heterocycles. The van der Waals surface area contributed by atoms with Crippen LogP contribution in [0, 0.1) is 13.8 Å². The number of hydrogen-bond donors (Lipinski definition) is 1. The number of nitrogens with one attached hydrogen (secondary N) is 1. The van der Waals surface area contributed by atoms with Crippen LogP contribution in [-0.4, -0.2) is 15.2 Å². The van der Waals surface area contributed by atoms with Crippen molar-refractivity contribution in [1.82, 2.24) is 15.2 Å². The molecule has 0 aliphatic heterocycles. The summed E-state index contributed by atoms with van der Waals surface area (Å²) >= 11 is 5.77. The Hall–Kier alpha value is -1.09. The van der Waals surface area contributed by atoms with Gasteiger partial charge in [-0.1, -0.05) is 11.6 Å². The molecule has 2 rings (SSSR count). The van der Waals surface area contributed by atoms with Crippen LogP contribution in [0.25, 0.3) is 11.0 Å². The molecule has 0 amide bonds. The molecule has 0 aromatic carbocycles. The van der Waals surface area contributed by atoms with Gasteiger partial charge < -0.3 is 0 Å². The van der Waals surface area contributed by atoms with E-state index in [-0.39, 0.29) is 0 Å². The SMILES string of the molecule is Cc1cc(Cl)nc2n[nH]c(C)c12. The van der Waals surface area contributed by atoms with E-state index in [1.165, 1.54) is 0 Å². The second-order valence-electron chi connectivity index (χ2n) is 2.81. The van der Waals surface area contributed by atoms with E-state index in [0.717, 1.165) is 16.6 Å². The predicted molar refractivity (Wildman–Crippen MR) is 48.4 cm³/mol. The zero-order valence-corrected chi connectivity index (χ0v) is 7.61. The lowest BCUT2D eigenvalue weighted by Gasteiger charge is -1.95. The van der Waals surface area contributed by atoms with E-state index in [2.05, 4.69) is 15.2 Å². The number of nitrogens with zero attached hydrogens (tertiary/aromatic N) is 2. The Balaban J connectivity index is 2.93. The van der Waals surface area contributed by atoms with Crippen LogP contribution in [0.2, 0.25) is 5.15 Å². The number of aryl methyl sites for hydroxylation is 2. The summed E-state index contributed by atoms with van der Waals surface area (Å²) in [5, 5.41) is 8.45. The van der Waals surface area contributed by atoms with Crippen molar-refractivity contribution in [1.29, 1.82) is 0 Å². The van der Waals surface area contributed by atoms with Gasteiger partial charge in [0.05, 0.1) is 0 Å². The normalized spacial score (nSPS) is 10.9. The van der Waals surface area contributed by atoms with Gasteiger partial charge in [-0.25, -0.2) is 4.98 Å². The molecule has 0 radical (unpaired) electrons. The van der Waals surface area contributed by atoms with Crippen molar-refractivity contribution in [2.75, 3.05) is 0 Å². The average molecular weight is 182 g/mol. The summed E-state index contributed by atoms with van der Waals surface area (Å²) < 4.78 is 0. The van der Waals surface area contributed by atoms with E-state index in [4.69, 9.17) is 11.6 Å². The molecule has 12 heavy (non-hydrogen) atoms. The maximum atomic E-state index is 5.77. The zero-order valence-electron chi connectivity index (χ0n) is 6.85. The van der Waals surface area contributed by atoms with Crippen molar-refractivity contribution >= 4 is 22.6 Å². The molecule has 4 heteroatoms. The van der Waals surface area contributed by atoms with Crippen molar-refractivity contribution < 1.29 is 0 Å². The number of pyridine rings is 1. The third kappa shape index (κ3) is 0.975. The highest BCUT2D eigenvalue weighted by Crippen LogP contribution is 2.20.